The number of hydrogen-bond donors (Lipinski definition) is 4. The van der Waals surface area contributed by atoms with Crippen LogP contribution in [0.5, 0.6) is 0 Å². The van der Waals surface area contributed by atoms with E-state index in [2.05, 4.69) is 24.7 Å². The zero-order valence-electron chi connectivity index (χ0n) is 6.53. The molecule has 7 heteroatoms. The van der Waals surface area contributed by atoms with Crippen molar-refractivity contribution in [2.45, 2.75) is 13.8 Å². The fourth-order valence-corrected chi connectivity index (χ4v) is 0.250. The summed E-state index contributed by atoms with van der Waals surface area (Å²) in [7, 11) is -4.67. The van der Waals surface area contributed by atoms with Gasteiger partial charge in [0.05, 0.1) is 0 Å². The highest BCUT2D eigenvalue weighted by molar-refractivity contribution is 7.79. The van der Waals surface area contributed by atoms with E-state index in [4.69, 9.17) is 17.5 Å². The van der Waals surface area contributed by atoms with Crippen LogP contribution in [0.4, 0.5) is 0 Å². The molecular formula is C4H14N2O4S. The first kappa shape index (κ1) is 13.4. The third-order valence-electron chi connectivity index (χ3n) is 0.479. The molecule has 0 bridgehead atoms. The molecule has 0 unspecified atom stereocenters. The fourth-order valence-electron chi connectivity index (χ4n) is 0.250. The number of rotatable bonds is 3. The Bertz CT molecular complexity index is 143. The summed E-state index contributed by atoms with van der Waals surface area (Å²) < 4.78 is 31.6. The van der Waals surface area contributed by atoms with E-state index in [9.17, 15) is 0 Å². The Labute approximate surface area is 66.5 Å². The van der Waals surface area contributed by atoms with Gasteiger partial charge in [0.25, 0.3) is 0 Å². The molecular weight excluding hydrogens is 172 g/mol. The average molecular weight is 186 g/mol. The maximum Gasteiger partial charge on any atom is 0.394 e. The van der Waals surface area contributed by atoms with Crippen molar-refractivity contribution in [2.24, 2.45) is 0 Å². The van der Waals surface area contributed by atoms with Crippen LogP contribution in [0.3, 0.4) is 0 Å². The van der Waals surface area contributed by atoms with Gasteiger partial charge < -0.3 is 0 Å². The molecule has 0 aromatic rings. The van der Waals surface area contributed by atoms with Crippen molar-refractivity contribution in [2.75, 3.05) is 13.1 Å². The molecule has 0 spiro atoms. The van der Waals surface area contributed by atoms with Crippen LogP contribution in [-0.4, -0.2) is 30.6 Å². The second-order valence-corrected chi connectivity index (χ2v) is 2.40. The topological polar surface area (TPSA) is 98.7 Å². The van der Waals surface area contributed by atoms with Crippen molar-refractivity contribution in [1.82, 2.24) is 10.9 Å². The molecule has 0 fully saturated rings. The predicted octanol–water partition coefficient (Wildman–Crippen LogP) is -0.532. The number of hydrazine groups is 1. The van der Waals surface area contributed by atoms with Crippen LogP contribution in [0.2, 0.25) is 0 Å². The van der Waals surface area contributed by atoms with Crippen LogP contribution < -0.4 is 10.9 Å². The van der Waals surface area contributed by atoms with E-state index < -0.39 is 10.4 Å². The summed E-state index contributed by atoms with van der Waals surface area (Å²) in [5, 5.41) is 0. The van der Waals surface area contributed by atoms with E-state index in [1.54, 1.807) is 0 Å². The number of nitrogens with one attached hydrogen (secondary N) is 2. The summed E-state index contributed by atoms with van der Waals surface area (Å²) in [6, 6.07) is 0. The lowest BCUT2D eigenvalue weighted by atomic mass is 10.8. The highest BCUT2D eigenvalue weighted by Gasteiger charge is 1.84. The van der Waals surface area contributed by atoms with E-state index in [1.165, 1.54) is 0 Å². The van der Waals surface area contributed by atoms with E-state index in [0.29, 0.717) is 0 Å². The Morgan fingerprint density at radius 3 is 1.36 bits per heavy atom. The molecule has 0 rings (SSSR count). The first-order chi connectivity index (χ1) is 4.91. The van der Waals surface area contributed by atoms with E-state index >= 15 is 0 Å². The first-order valence-electron chi connectivity index (χ1n) is 3.07. The molecule has 0 radical (unpaired) electrons. The highest BCUT2D eigenvalue weighted by Crippen LogP contribution is 1.59. The Balaban J connectivity index is 0. The van der Waals surface area contributed by atoms with E-state index in [1.807, 2.05) is 0 Å². The minimum atomic E-state index is -4.67. The van der Waals surface area contributed by atoms with Gasteiger partial charge in [-0.2, -0.15) is 8.42 Å². The zero-order chi connectivity index (χ0) is 9.33. The van der Waals surface area contributed by atoms with Crippen molar-refractivity contribution in [1.29, 1.82) is 0 Å². The Kier molecular flexibility index (Phi) is 9.60. The monoisotopic (exact) mass is 186 g/mol. The molecule has 0 aromatic heterocycles. The first-order valence-corrected chi connectivity index (χ1v) is 4.47. The molecule has 70 valence electrons. The Hall–Kier alpha value is -0.210. The van der Waals surface area contributed by atoms with Gasteiger partial charge in [-0.15, -0.1) is 0 Å². The fraction of sp³-hybridized carbons (Fsp3) is 1.00. The summed E-state index contributed by atoms with van der Waals surface area (Å²) >= 11 is 0. The van der Waals surface area contributed by atoms with Crippen LogP contribution in [0.25, 0.3) is 0 Å². The molecule has 11 heavy (non-hydrogen) atoms. The van der Waals surface area contributed by atoms with Gasteiger partial charge in [-0.1, -0.05) is 13.8 Å². The second kappa shape index (κ2) is 7.89. The van der Waals surface area contributed by atoms with Crippen molar-refractivity contribution in [3.63, 3.8) is 0 Å². The van der Waals surface area contributed by atoms with Gasteiger partial charge in [-0.3, -0.25) is 20.0 Å². The molecule has 0 saturated heterocycles. The summed E-state index contributed by atoms with van der Waals surface area (Å²) in [4.78, 5) is 0. The van der Waals surface area contributed by atoms with Crippen LogP contribution in [-0.2, 0) is 10.4 Å². The van der Waals surface area contributed by atoms with Gasteiger partial charge in [0, 0.05) is 13.1 Å². The second-order valence-electron chi connectivity index (χ2n) is 1.51. The zero-order valence-corrected chi connectivity index (χ0v) is 7.35. The summed E-state index contributed by atoms with van der Waals surface area (Å²) in [6.45, 7) is 6.10. The Morgan fingerprint density at radius 1 is 1.09 bits per heavy atom. The maximum atomic E-state index is 8.74. The number of hydrogen-bond acceptors (Lipinski definition) is 4. The van der Waals surface area contributed by atoms with Gasteiger partial charge in [-0.25, -0.2) is 0 Å². The maximum absolute atomic E-state index is 8.74. The molecule has 4 N–H and O–H groups in total. The highest BCUT2D eigenvalue weighted by atomic mass is 32.3. The van der Waals surface area contributed by atoms with E-state index in [-0.39, 0.29) is 0 Å². The molecule has 0 aromatic carbocycles. The molecule has 0 amide bonds. The van der Waals surface area contributed by atoms with Crippen molar-refractivity contribution in [3.05, 3.63) is 0 Å². The van der Waals surface area contributed by atoms with E-state index in [0.717, 1.165) is 13.1 Å². The molecule has 0 aliphatic carbocycles. The summed E-state index contributed by atoms with van der Waals surface area (Å²) in [5.41, 5.74) is 5.90. The minimum Gasteiger partial charge on any atom is -0.264 e. The third-order valence-corrected chi connectivity index (χ3v) is 0.479. The predicted molar refractivity (Wildman–Crippen MR) is 41.5 cm³/mol. The standard InChI is InChI=1S/C4H12N2.H2O4S/c1-3-5-6-4-2;1-5(2,3)4/h5-6H,3-4H2,1-2H3;(H2,1,2,3,4). The Morgan fingerprint density at radius 2 is 1.27 bits per heavy atom. The molecule has 0 atom stereocenters. The lowest BCUT2D eigenvalue weighted by Crippen LogP contribution is -2.30. The van der Waals surface area contributed by atoms with Gasteiger partial charge >= 0.3 is 10.4 Å². The van der Waals surface area contributed by atoms with Gasteiger partial charge in [0.2, 0.25) is 0 Å². The molecule has 0 heterocycles. The van der Waals surface area contributed by atoms with Crippen molar-refractivity contribution in [3.8, 4) is 0 Å². The van der Waals surface area contributed by atoms with Crippen LogP contribution in [0, 0.1) is 0 Å². The SMILES string of the molecule is CCNNCC.O=S(=O)(O)O. The quantitative estimate of drug-likeness (QED) is 0.268. The summed E-state index contributed by atoms with van der Waals surface area (Å²) in [5.74, 6) is 0. The average Bonchev–Trinajstić information content (AvgIpc) is 1.79. The molecule has 0 aliphatic heterocycles. The minimum absolute atomic E-state index is 0.994. The normalized spacial score (nSPS) is 10.2. The van der Waals surface area contributed by atoms with Crippen molar-refractivity contribution >= 4 is 10.4 Å². The lowest BCUT2D eigenvalue weighted by Gasteiger charge is -1.95. The van der Waals surface area contributed by atoms with Crippen LogP contribution >= 0.6 is 0 Å². The van der Waals surface area contributed by atoms with Gasteiger partial charge in [0.15, 0.2) is 0 Å². The van der Waals surface area contributed by atoms with Crippen LogP contribution in [0.15, 0.2) is 0 Å². The molecule has 6 nitrogen and oxygen atoms in total. The smallest absolute Gasteiger partial charge is 0.264 e. The lowest BCUT2D eigenvalue weighted by molar-refractivity contribution is 0.381. The van der Waals surface area contributed by atoms with Gasteiger partial charge in [0.1, 0.15) is 0 Å². The van der Waals surface area contributed by atoms with Crippen LogP contribution in [0.1, 0.15) is 13.8 Å². The van der Waals surface area contributed by atoms with Gasteiger partial charge in [-0.05, 0) is 0 Å². The molecule has 0 saturated carbocycles. The van der Waals surface area contributed by atoms with Crippen molar-refractivity contribution < 1.29 is 17.5 Å². The summed E-state index contributed by atoms with van der Waals surface area (Å²) in [6.07, 6.45) is 0. The molecule has 0 aliphatic rings. The largest absolute Gasteiger partial charge is 0.394 e. The third kappa shape index (κ3) is 76.3.